The monoisotopic (exact) mass is 223 g/mol. The number of carboxylic acids is 1. The van der Waals surface area contributed by atoms with Crippen LogP contribution in [0.4, 0.5) is 0 Å². The lowest BCUT2D eigenvalue weighted by molar-refractivity contribution is -0.134. The summed E-state index contributed by atoms with van der Waals surface area (Å²) in [4.78, 5) is 21.6. The Balaban J connectivity index is 2.62. The lowest BCUT2D eigenvalue weighted by Gasteiger charge is -2.03. The second kappa shape index (κ2) is 3.98. The first-order chi connectivity index (χ1) is 6.02. The zero-order valence-corrected chi connectivity index (χ0v) is 8.02. The number of hydrogen-bond acceptors (Lipinski definition) is 2. The fourth-order valence-corrected chi connectivity index (χ4v) is 1.01. The molecule has 0 aliphatic heterocycles. The van der Waals surface area contributed by atoms with Crippen LogP contribution in [0.1, 0.15) is 12.8 Å². The molecule has 13 heavy (non-hydrogen) atoms. The molecule has 1 aliphatic carbocycles. The van der Waals surface area contributed by atoms with E-state index in [9.17, 15) is 9.59 Å². The Morgan fingerprint density at radius 2 is 1.85 bits per heavy atom. The van der Waals surface area contributed by atoms with Crippen molar-refractivity contribution in [2.24, 2.45) is 5.92 Å². The van der Waals surface area contributed by atoms with Crippen LogP contribution in [0, 0.1) is 5.92 Å². The molecule has 2 N–H and O–H groups in total. The van der Waals surface area contributed by atoms with Crippen LogP contribution in [-0.4, -0.2) is 17.0 Å². The Bertz CT molecular complexity index is 279. The summed E-state index contributed by atoms with van der Waals surface area (Å²) in [6.07, 6.45) is 1.58. The lowest BCUT2D eigenvalue weighted by Crippen LogP contribution is -2.28. The van der Waals surface area contributed by atoms with Crippen LogP contribution in [0.15, 0.2) is 10.2 Å². The molecule has 0 aromatic heterocycles. The predicted molar refractivity (Wildman–Crippen MR) is 47.2 cm³/mol. The van der Waals surface area contributed by atoms with E-state index >= 15 is 0 Å². The maximum atomic E-state index is 11.1. The highest BCUT2D eigenvalue weighted by atomic mass is 35.5. The Labute approximate surface area is 84.5 Å². The summed E-state index contributed by atoms with van der Waals surface area (Å²) in [6, 6.07) is 0. The van der Waals surface area contributed by atoms with Gasteiger partial charge in [0.25, 0.3) is 0 Å². The molecule has 0 saturated heterocycles. The third-order valence-corrected chi connectivity index (χ3v) is 1.98. The quantitative estimate of drug-likeness (QED) is 0.708. The first kappa shape index (κ1) is 10.3. The highest BCUT2D eigenvalue weighted by Crippen LogP contribution is 2.29. The van der Waals surface area contributed by atoms with Gasteiger partial charge in [0.15, 0.2) is 5.70 Å². The van der Waals surface area contributed by atoms with Crippen LogP contribution in [0.25, 0.3) is 0 Å². The van der Waals surface area contributed by atoms with Crippen molar-refractivity contribution >= 4 is 35.1 Å². The molecule has 72 valence electrons. The largest absolute Gasteiger partial charge is 0.477 e. The van der Waals surface area contributed by atoms with E-state index < -0.39 is 16.2 Å². The average molecular weight is 224 g/mol. The third-order valence-electron chi connectivity index (χ3n) is 1.60. The summed E-state index contributed by atoms with van der Waals surface area (Å²) in [5.74, 6) is -1.76. The van der Waals surface area contributed by atoms with Crippen molar-refractivity contribution < 1.29 is 14.7 Å². The number of rotatable bonds is 3. The number of carbonyl (C=O) groups excluding carboxylic acids is 1. The third kappa shape index (κ3) is 2.90. The maximum absolute atomic E-state index is 11.1. The van der Waals surface area contributed by atoms with Crippen molar-refractivity contribution in [3.05, 3.63) is 10.2 Å². The molecule has 1 saturated carbocycles. The topological polar surface area (TPSA) is 66.4 Å². The SMILES string of the molecule is O=C(O)C(NC(=O)C1CC1)=C(Cl)Cl. The summed E-state index contributed by atoms with van der Waals surface area (Å²) in [6.45, 7) is 0. The van der Waals surface area contributed by atoms with E-state index in [1.807, 2.05) is 0 Å². The number of carbonyl (C=O) groups is 2. The molecule has 0 aromatic rings. The lowest BCUT2D eigenvalue weighted by atomic mass is 10.3. The van der Waals surface area contributed by atoms with Gasteiger partial charge in [-0.25, -0.2) is 4.79 Å². The molecule has 0 bridgehead atoms. The van der Waals surface area contributed by atoms with Crippen LogP contribution >= 0.6 is 23.2 Å². The number of aliphatic carboxylic acids is 1. The second-order valence-electron chi connectivity index (χ2n) is 2.70. The summed E-state index contributed by atoms with van der Waals surface area (Å²) in [5.41, 5.74) is -0.458. The van der Waals surface area contributed by atoms with Gasteiger partial charge in [0.05, 0.1) is 0 Å². The molecule has 1 aliphatic rings. The number of amides is 1. The highest BCUT2D eigenvalue weighted by Gasteiger charge is 2.31. The molecule has 4 nitrogen and oxygen atoms in total. The Morgan fingerprint density at radius 1 is 1.31 bits per heavy atom. The standard InChI is InChI=1S/C7H7Cl2NO3/c8-5(9)4(7(12)13)10-6(11)3-1-2-3/h3H,1-2H2,(H,10,11)(H,12,13). The van der Waals surface area contributed by atoms with E-state index in [0.717, 1.165) is 12.8 Å². The molecule has 1 amide bonds. The molecular weight excluding hydrogens is 217 g/mol. The van der Waals surface area contributed by atoms with Crippen LogP contribution in [0.5, 0.6) is 0 Å². The fourth-order valence-electron chi connectivity index (χ4n) is 0.752. The van der Waals surface area contributed by atoms with Gasteiger partial charge in [0, 0.05) is 5.92 Å². The summed E-state index contributed by atoms with van der Waals surface area (Å²) < 4.78 is -0.443. The van der Waals surface area contributed by atoms with E-state index in [0.29, 0.717) is 0 Å². The Kier molecular flexibility index (Phi) is 3.17. The molecular formula is C7H7Cl2NO3. The van der Waals surface area contributed by atoms with Crippen molar-refractivity contribution in [3.8, 4) is 0 Å². The van der Waals surface area contributed by atoms with Gasteiger partial charge in [-0.3, -0.25) is 4.79 Å². The minimum absolute atomic E-state index is 0.0815. The zero-order valence-electron chi connectivity index (χ0n) is 6.51. The number of hydrogen-bond donors (Lipinski definition) is 2. The van der Waals surface area contributed by atoms with Gasteiger partial charge >= 0.3 is 5.97 Å². The van der Waals surface area contributed by atoms with Crippen LogP contribution < -0.4 is 5.32 Å². The van der Waals surface area contributed by atoms with Crippen molar-refractivity contribution in [1.29, 1.82) is 0 Å². The number of nitrogens with one attached hydrogen (secondary N) is 1. The number of halogens is 2. The van der Waals surface area contributed by atoms with Gasteiger partial charge in [-0.05, 0) is 12.8 Å². The Morgan fingerprint density at radius 3 is 2.15 bits per heavy atom. The average Bonchev–Trinajstić information content (AvgIpc) is 2.80. The van der Waals surface area contributed by atoms with Crippen molar-refractivity contribution in [1.82, 2.24) is 5.32 Å². The molecule has 0 unspecified atom stereocenters. The second-order valence-corrected chi connectivity index (χ2v) is 3.65. The van der Waals surface area contributed by atoms with Crippen LogP contribution in [0.3, 0.4) is 0 Å². The first-order valence-corrected chi connectivity index (χ1v) is 4.37. The van der Waals surface area contributed by atoms with E-state index in [1.54, 1.807) is 0 Å². The van der Waals surface area contributed by atoms with Gasteiger partial charge < -0.3 is 10.4 Å². The van der Waals surface area contributed by atoms with Gasteiger partial charge in [-0.1, -0.05) is 23.2 Å². The smallest absolute Gasteiger partial charge is 0.354 e. The maximum Gasteiger partial charge on any atom is 0.354 e. The van der Waals surface area contributed by atoms with Crippen molar-refractivity contribution in [3.63, 3.8) is 0 Å². The van der Waals surface area contributed by atoms with Crippen molar-refractivity contribution in [2.45, 2.75) is 12.8 Å². The summed E-state index contributed by atoms with van der Waals surface area (Å²) in [5, 5.41) is 10.7. The molecule has 0 heterocycles. The van der Waals surface area contributed by atoms with Crippen LogP contribution in [-0.2, 0) is 9.59 Å². The summed E-state index contributed by atoms with van der Waals surface area (Å²) in [7, 11) is 0. The fraction of sp³-hybridized carbons (Fsp3) is 0.429. The molecule has 1 rings (SSSR count). The minimum atomic E-state index is -1.34. The van der Waals surface area contributed by atoms with E-state index in [1.165, 1.54) is 0 Å². The van der Waals surface area contributed by atoms with E-state index in [-0.39, 0.29) is 11.8 Å². The predicted octanol–water partition coefficient (Wildman–Crippen LogP) is 1.24. The van der Waals surface area contributed by atoms with Gasteiger partial charge in [0.2, 0.25) is 5.91 Å². The minimum Gasteiger partial charge on any atom is -0.477 e. The van der Waals surface area contributed by atoms with E-state index in [2.05, 4.69) is 5.32 Å². The van der Waals surface area contributed by atoms with E-state index in [4.69, 9.17) is 28.3 Å². The molecule has 0 spiro atoms. The normalized spacial score (nSPS) is 14.9. The zero-order chi connectivity index (χ0) is 10.0. The van der Waals surface area contributed by atoms with Crippen molar-refractivity contribution in [2.75, 3.05) is 0 Å². The molecule has 0 aromatic carbocycles. The molecule has 0 atom stereocenters. The number of carboxylic acid groups (broad SMARTS) is 1. The summed E-state index contributed by atoms with van der Waals surface area (Å²) >= 11 is 10.5. The van der Waals surface area contributed by atoms with Gasteiger partial charge in [-0.15, -0.1) is 0 Å². The molecule has 1 fully saturated rings. The first-order valence-electron chi connectivity index (χ1n) is 3.61. The Hall–Kier alpha value is -0.740. The highest BCUT2D eigenvalue weighted by molar-refractivity contribution is 6.57. The van der Waals surface area contributed by atoms with Crippen LogP contribution in [0.2, 0.25) is 0 Å². The van der Waals surface area contributed by atoms with Gasteiger partial charge in [0.1, 0.15) is 4.49 Å². The molecule has 6 heteroatoms. The van der Waals surface area contributed by atoms with Gasteiger partial charge in [-0.2, -0.15) is 0 Å². The molecule has 0 radical (unpaired) electrons.